The number of benzene rings is 2. The molecule has 109 valence electrons. The highest BCUT2D eigenvalue weighted by Gasteiger charge is 2.06. The van der Waals surface area contributed by atoms with Crippen molar-refractivity contribution in [3.8, 4) is 11.1 Å². The molecule has 4 rings (SSSR count). The third kappa shape index (κ3) is 2.38. The SMILES string of the molecule is [CH2]c1ccc2ccc3ncc(-c4ccccc4)cc3c(=O)c2c1. The Bertz CT molecular complexity index is 1090. The Morgan fingerprint density at radius 2 is 1.57 bits per heavy atom. The molecule has 0 N–H and O–H groups in total. The van der Waals surface area contributed by atoms with E-state index in [9.17, 15) is 4.79 Å². The highest BCUT2D eigenvalue weighted by atomic mass is 16.1. The van der Waals surface area contributed by atoms with Crippen LogP contribution in [0.3, 0.4) is 0 Å². The van der Waals surface area contributed by atoms with Crippen molar-refractivity contribution in [1.82, 2.24) is 4.98 Å². The summed E-state index contributed by atoms with van der Waals surface area (Å²) >= 11 is 0. The fraction of sp³-hybridized carbons (Fsp3) is 0. The highest BCUT2D eigenvalue weighted by molar-refractivity contribution is 5.93. The van der Waals surface area contributed by atoms with Gasteiger partial charge in [0.25, 0.3) is 0 Å². The lowest BCUT2D eigenvalue weighted by molar-refractivity contribution is 1.41. The highest BCUT2D eigenvalue weighted by Crippen LogP contribution is 2.22. The Labute approximate surface area is 134 Å². The molecule has 2 nitrogen and oxygen atoms in total. The smallest absolute Gasteiger partial charge is 0.195 e. The molecule has 0 aliphatic rings. The Morgan fingerprint density at radius 3 is 2.39 bits per heavy atom. The van der Waals surface area contributed by atoms with Gasteiger partial charge in [-0.1, -0.05) is 48.5 Å². The summed E-state index contributed by atoms with van der Waals surface area (Å²) in [6.45, 7) is 3.92. The average molecular weight is 296 g/mol. The Kier molecular flexibility index (Phi) is 3.16. The predicted molar refractivity (Wildman–Crippen MR) is 95.4 cm³/mol. The van der Waals surface area contributed by atoms with Crippen LogP contribution in [-0.4, -0.2) is 4.98 Å². The lowest BCUT2D eigenvalue weighted by Crippen LogP contribution is -1.99. The first-order valence-corrected chi connectivity index (χ1v) is 7.46. The zero-order chi connectivity index (χ0) is 15.8. The quantitative estimate of drug-likeness (QED) is 0.514. The van der Waals surface area contributed by atoms with Crippen molar-refractivity contribution in [2.75, 3.05) is 0 Å². The van der Waals surface area contributed by atoms with Crippen LogP contribution in [0.1, 0.15) is 5.56 Å². The summed E-state index contributed by atoms with van der Waals surface area (Å²) in [5.41, 5.74) is 3.53. The van der Waals surface area contributed by atoms with Crippen molar-refractivity contribution < 1.29 is 0 Å². The van der Waals surface area contributed by atoms with Crippen molar-refractivity contribution in [3.05, 3.63) is 95.6 Å². The summed E-state index contributed by atoms with van der Waals surface area (Å²) in [5, 5.41) is 2.22. The van der Waals surface area contributed by atoms with Gasteiger partial charge >= 0.3 is 0 Å². The maximum atomic E-state index is 13.0. The molecule has 0 bridgehead atoms. The van der Waals surface area contributed by atoms with Gasteiger partial charge in [-0.25, -0.2) is 0 Å². The van der Waals surface area contributed by atoms with Crippen LogP contribution in [-0.2, 0) is 0 Å². The van der Waals surface area contributed by atoms with Gasteiger partial charge in [-0.05, 0) is 41.6 Å². The molecule has 1 radical (unpaired) electrons. The Balaban J connectivity index is 2.10. The number of aromatic nitrogens is 1. The van der Waals surface area contributed by atoms with E-state index in [1.165, 1.54) is 0 Å². The molecular formula is C21H14NO. The zero-order valence-corrected chi connectivity index (χ0v) is 12.5. The molecule has 0 saturated heterocycles. The molecule has 1 heterocycles. The van der Waals surface area contributed by atoms with Gasteiger partial charge in [0.1, 0.15) is 0 Å². The first kappa shape index (κ1) is 13.6. The second-order valence-corrected chi connectivity index (χ2v) is 5.61. The molecule has 4 aromatic rings. The Morgan fingerprint density at radius 1 is 0.783 bits per heavy atom. The lowest BCUT2D eigenvalue weighted by atomic mass is 10.1. The summed E-state index contributed by atoms with van der Waals surface area (Å²) < 4.78 is 0. The molecular weight excluding hydrogens is 282 g/mol. The molecule has 0 unspecified atom stereocenters. The Hall–Kier alpha value is -3.00. The van der Waals surface area contributed by atoms with Gasteiger partial charge in [0, 0.05) is 22.5 Å². The number of rotatable bonds is 1. The van der Waals surface area contributed by atoms with Crippen molar-refractivity contribution in [2.45, 2.75) is 0 Å². The minimum Gasteiger partial charge on any atom is -0.289 e. The van der Waals surface area contributed by atoms with Gasteiger partial charge in [-0.15, -0.1) is 0 Å². The van der Waals surface area contributed by atoms with Gasteiger partial charge < -0.3 is 0 Å². The van der Waals surface area contributed by atoms with Crippen LogP contribution in [0.4, 0.5) is 0 Å². The summed E-state index contributed by atoms with van der Waals surface area (Å²) in [6, 6.07) is 21.4. The standard InChI is InChI=1S/C21H14NO/c1-14-7-8-16-9-10-20-19(21(23)18(16)11-14)12-17(13-22-20)15-5-3-2-4-6-15/h2-13H,1H2. The summed E-state index contributed by atoms with van der Waals surface area (Å²) in [4.78, 5) is 17.4. The second kappa shape index (κ2) is 5.33. The summed E-state index contributed by atoms with van der Waals surface area (Å²) in [6.07, 6.45) is 1.81. The molecule has 0 amide bonds. The van der Waals surface area contributed by atoms with Gasteiger partial charge in [0.05, 0.1) is 5.52 Å². The van der Waals surface area contributed by atoms with Crippen molar-refractivity contribution in [3.63, 3.8) is 0 Å². The van der Waals surface area contributed by atoms with Crippen molar-refractivity contribution in [2.24, 2.45) is 0 Å². The average Bonchev–Trinajstić information content (AvgIpc) is 2.73. The van der Waals surface area contributed by atoms with Crippen LogP contribution in [0.2, 0.25) is 0 Å². The van der Waals surface area contributed by atoms with Crippen molar-refractivity contribution in [1.29, 1.82) is 0 Å². The maximum absolute atomic E-state index is 13.0. The van der Waals surface area contributed by atoms with Crippen LogP contribution in [0.5, 0.6) is 0 Å². The monoisotopic (exact) mass is 296 g/mol. The minimum atomic E-state index is -0.00391. The number of hydrogen-bond donors (Lipinski definition) is 0. The third-order valence-corrected chi connectivity index (χ3v) is 4.05. The van der Waals surface area contributed by atoms with E-state index in [0.29, 0.717) is 16.3 Å². The number of fused-ring (bicyclic) bond motifs is 2. The van der Waals surface area contributed by atoms with Crippen LogP contribution < -0.4 is 5.43 Å². The van der Waals surface area contributed by atoms with E-state index in [1.807, 2.05) is 72.9 Å². The van der Waals surface area contributed by atoms with Gasteiger partial charge in [-0.2, -0.15) is 0 Å². The van der Waals surface area contributed by atoms with E-state index in [2.05, 4.69) is 11.9 Å². The van der Waals surface area contributed by atoms with Crippen LogP contribution in [0.25, 0.3) is 32.8 Å². The van der Waals surface area contributed by atoms with Gasteiger partial charge in [0.15, 0.2) is 5.43 Å². The fourth-order valence-corrected chi connectivity index (χ4v) is 2.84. The second-order valence-electron chi connectivity index (χ2n) is 5.61. The van der Waals surface area contributed by atoms with Gasteiger partial charge in [-0.3, -0.25) is 9.78 Å². The van der Waals surface area contributed by atoms with E-state index < -0.39 is 0 Å². The fourth-order valence-electron chi connectivity index (χ4n) is 2.84. The van der Waals surface area contributed by atoms with E-state index in [4.69, 9.17) is 0 Å². The molecule has 2 heteroatoms. The van der Waals surface area contributed by atoms with Crippen LogP contribution in [0, 0.1) is 6.92 Å². The molecule has 0 fully saturated rings. The van der Waals surface area contributed by atoms with Crippen LogP contribution >= 0.6 is 0 Å². The van der Waals surface area contributed by atoms with Crippen LogP contribution in [0.15, 0.2) is 77.7 Å². The first-order valence-electron chi connectivity index (χ1n) is 7.46. The molecule has 23 heavy (non-hydrogen) atoms. The normalized spacial score (nSPS) is 11.0. The van der Waals surface area contributed by atoms with E-state index in [1.54, 1.807) is 0 Å². The van der Waals surface area contributed by atoms with Gasteiger partial charge in [0.2, 0.25) is 0 Å². The summed E-state index contributed by atoms with van der Waals surface area (Å²) in [5.74, 6) is 0. The minimum absolute atomic E-state index is 0.00391. The molecule has 0 atom stereocenters. The van der Waals surface area contributed by atoms with E-state index >= 15 is 0 Å². The molecule has 0 saturated carbocycles. The molecule has 3 aromatic carbocycles. The third-order valence-electron chi connectivity index (χ3n) is 4.05. The van der Waals surface area contributed by atoms with Crippen molar-refractivity contribution >= 4 is 21.7 Å². The van der Waals surface area contributed by atoms with E-state index in [-0.39, 0.29) is 5.43 Å². The molecule has 0 aliphatic heterocycles. The number of hydrogen-bond acceptors (Lipinski definition) is 2. The first-order chi connectivity index (χ1) is 11.2. The maximum Gasteiger partial charge on any atom is 0.195 e. The topological polar surface area (TPSA) is 30.0 Å². The number of nitrogens with zero attached hydrogens (tertiary/aromatic N) is 1. The van der Waals surface area contributed by atoms with E-state index in [0.717, 1.165) is 22.1 Å². The zero-order valence-electron chi connectivity index (χ0n) is 12.5. The molecule has 0 spiro atoms. The largest absolute Gasteiger partial charge is 0.289 e. The molecule has 1 aromatic heterocycles. The summed E-state index contributed by atoms with van der Waals surface area (Å²) in [7, 11) is 0. The number of pyridine rings is 1. The predicted octanol–water partition coefficient (Wildman–Crippen LogP) is 4.60. The molecule has 0 aliphatic carbocycles. The lowest BCUT2D eigenvalue weighted by Gasteiger charge is -2.01.